The Kier molecular flexibility index (Phi) is 8.37. The first-order chi connectivity index (χ1) is 17.7. The van der Waals surface area contributed by atoms with Crippen LogP contribution in [0.25, 0.3) is 21.5 Å². The van der Waals surface area contributed by atoms with Gasteiger partial charge < -0.3 is 18.8 Å². The van der Waals surface area contributed by atoms with Gasteiger partial charge >= 0.3 is 0 Å². The molecule has 8 nitrogen and oxygen atoms in total. The Morgan fingerprint density at radius 2 is 1.39 bits per heavy atom. The molecule has 4 N–H and O–H groups in total. The number of hydrogen-bond donors (Lipinski definition) is 4. The van der Waals surface area contributed by atoms with Crippen LogP contribution in [0.3, 0.4) is 0 Å². The van der Waals surface area contributed by atoms with Crippen LogP contribution in [0.5, 0.6) is 5.75 Å². The summed E-state index contributed by atoms with van der Waals surface area (Å²) < 4.78 is 30.2. The van der Waals surface area contributed by atoms with Gasteiger partial charge in [0.25, 0.3) is 0 Å². The average Bonchev–Trinajstić information content (AvgIpc) is 2.87. The molecular weight excluding hydrogens is 577 g/mol. The quantitative estimate of drug-likeness (QED) is 0.118. The first-order valence-electron chi connectivity index (χ1n) is 11.3. The van der Waals surface area contributed by atoms with Gasteiger partial charge in [-0.05, 0) is 48.7 Å². The van der Waals surface area contributed by atoms with Crippen molar-refractivity contribution in [2.75, 3.05) is 0 Å². The van der Waals surface area contributed by atoms with E-state index in [-0.39, 0.29) is 49.0 Å². The zero-order valence-electron chi connectivity index (χ0n) is 20.6. The molecule has 0 heterocycles. The minimum absolute atomic E-state index is 0. The first-order valence-corrected chi connectivity index (χ1v) is 12.8. The Morgan fingerprint density at radius 3 is 2.11 bits per heavy atom. The summed E-state index contributed by atoms with van der Waals surface area (Å²) in [6.07, 6.45) is 0. The molecule has 189 valence electrons. The topological polar surface area (TPSA) is 130 Å². The fraction of sp³-hybridized carbons (Fsp3) is 0.0714. The Balaban J connectivity index is 0.00000336. The summed E-state index contributed by atoms with van der Waals surface area (Å²) in [4.78, 5) is -0.313. The Morgan fingerprint density at radius 1 is 0.711 bits per heavy atom. The summed E-state index contributed by atoms with van der Waals surface area (Å²) in [7, 11) is -4.20. The molecule has 0 fully saturated rings. The molecule has 1 radical (unpaired) electrons. The summed E-state index contributed by atoms with van der Waals surface area (Å²) in [6, 6.07) is 26.4. The third-order valence-electron chi connectivity index (χ3n) is 5.84. The third-order valence-corrected chi connectivity index (χ3v) is 6.74. The predicted octanol–water partition coefficient (Wildman–Crippen LogP) is 9.53. The maximum Gasteiger partial charge on any atom is 0.152 e. The van der Waals surface area contributed by atoms with Crippen LogP contribution in [0.15, 0.2) is 104 Å². The minimum Gasteiger partial charge on any atom is -0.505 e. The first kappa shape index (κ1) is 28.0. The van der Waals surface area contributed by atoms with Gasteiger partial charge in [0.05, 0.1) is 16.3 Å². The molecule has 0 saturated heterocycles. The van der Waals surface area contributed by atoms with E-state index in [0.717, 1.165) is 21.9 Å². The molecule has 10 heteroatoms. The van der Waals surface area contributed by atoms with Crippen LogP contribution >= 0.6 is 10.9 Å². The van der Waals surface area contributed by atoms with Gasteiger partial charge in [0.1, 0.15) is 16.6 Å². The van der Waals surface area contributed by atoms with Gasteiger partial charge in [-0.2, -0.15) is 39.1 Å². The van der Waals surface area contributed by atoms with Crippen molar-refractivity contribution in [3.63, 3.8) is 0 Å². The maximum absolute atomic E-state index is 11.0. The summed E-state index contributed by atoms with van der Waals surface area (Å²) in [5, 5.41) is 30.6. The van der Waals surface area contributed by atoms with Gasteiger partial charge in [-0.15, -0.1) is 5.11 Å². The summed E-state index contributed by atoms with van der Waals surface area (Å²) in [5.74, 6) is -0.309. The van der Waals surface area contributed by atoms with E-state index in [9.17, 15) is 18.8 Å². The number of fused-ring (bicyclic) bond motifs is 2. The van der Waals surface area contributed by atoms with Gasteiger partial charge in [-0.25, -0.2) is 0 Å². The summed E-state index contributed by atoms with van der Waals surface area (Å²) >= 11 is 0. The van der Waals surface area contributed by atoms with Gasteiger partial charge in [-0.1, -0.05) is 53.6 Å². The number of rotatable bonds is 5. The standard InChI is InChI=1S/C28H23N4O4S.Y/c1-17-8-10-19-16-26(37(34,35)36)27(28(33)22(19)14-17)32-31-25-13-12-24(21-11-9-18(2)15-23(21)25)30-29-20-6-4-3-5-7-20;/h3-8,10-16,33-36H,1-2H3;/q-1;. The SMILES string of the molecule is Cc1[c-]cc2c(N=Nc3ccccc3)ccc(N=Nc3c(S(O)(O)O)cc4ccc(C)cc4c3O)c2c1.[Y]. The van der Waals surface area contributed by atoms with E-state index in [4.69, 9.17) is 0 Å². The monoisotopic (exact) mass is 600 g/mol. The van der Waals surface area contributed by atoms with E-state index in [1.807, 2.05) is 56.3 Å². The van der Waals surface area contributed by atoms with Crippen molar-refractivity contribution in [2.24, 2.45) is 20.5 Å². The van der Waals surface area contributed by atoms with Gasteiger partial charge in [0.15, 0.2) is 5.75 Å². The number of benzene rings is 5. The molecule has 0 spiro atoms. The fourth-order valence-corrected chi connectivity index (χ4v) is 4.69. The van der Waals surface area contributed by atoms with Crippen LogP contribution in [0.1, 0.15) is 11.1 Å². The van der Waals surface area contributed by atoms with Crippen molar-refractivity contribution in [1.29, 1.82) is 0 Å². The smallest absolute Gasteiger partial charge is 0.152 e. The zero-order valence-corrected chi connectivity index (χ0v) is 24.2. The van der Waals surface area contributed by atoms with Crippen molar-refractivity contribution in [3.05, 3.63) is 96.1 Å². The van der Waals surface area contributed by atoms with Crippen molar-refractivity contribution in [2.45, 2.75) is 18.7 Å². The second-order valence-corrected chi connectivity index (χ2v) is 10.1. The van der Waals surface area contributed by atoms with Crippen molar-refractivity contribution in [3.8, 4) is 5.75 Å². The summed E-state index contributed by atoms with van der Waals surface area (Å²) in [6.45, 7) is 3.77. The van der Waals surface area contributed by atoms with Crippen LogP contribution in [-0.2, 0) is 32.7 Å². The van der Waals surface area contributed by atoms with Crippen molar-refractivity contribution < 1.29 is 51.5 Å². The van der Waals surface area contributed by atoms with E-state index >= 15 is 0 Å². The van der Waals surface area contributed by atoms with E-state index in [1.165, 1.54) is 6.07 Å². The fourth-order valence-electron chi connectivity index (χ4n) is 4.01. The number of aromatic hydroxyl groups is 1. The van der Waals surface area contributed by atoms with E-state index in [1.54, 1.807) is 30.3 Å². The number of hydrogen-bond acceptors (Lipinski definition) is 8. The molecule has 0 saturated carbocycles. The molecule has 0 amide bonds. The number of phenols is 1. The average molecular weight is 600 g/mol. The molecule has 5 aromatic carbocycles. The van der Waals surface area contributed by atoms with Crippen LogP contribution in [0.4, 0.5) is 22.7 Å². The molecule has 0 atom stereocenters. The molecule has 0 unspecified atom stereocenters. The molecule has 0 bridgehead atoms. The van der Waals surface area contributed by atoms with Crippen molar-refractivity contribution in [1.82, 2.24) is 0 Å². The third kappa shape index (κ3) is 5.83. The number of nitrogens with zero attached hydrogens (tertiary/aromatic N) is 4. The second-order valence-electron chi connectivity index (χ2n) is 8.60. The molecule has 38 heavy (non-hydrogen) atoms. The van der Waals surface area contributed by atoms with Crippen LogP contribution in [-0.4, -0.2) is 18.8 Å². The largest absolute Gasteiger partial charge is 0.505 e. The molecule has 0 aliphatic carbocycles. The zero-order chi connectivity index (χ0) is 26.2. The molecule has 0 aliphatic heterocycles. The van der Waals surface area contributed by atoms with Gasteiger partial charge in [0.2, 0.25) is 0 Å². The molecular formula is C28H23N4O4SY-. The molecule has 5 aromatic rings. The predicted molar refractivity (Wildman–Crippen MR) is 146 cm³/mol. The molecule has 0 aliphatic rings. The Hall–Kier alpha value is -3.05. The Bertz CT molecular complexity index is 1700. The van der Waals surface area contributed by atoms with Crippen LogP contribution in [0, 0.1) is 19.9 Å². The molecule has 0 aromatic heterocycles. The second kappa shape index (κ2) is 11.4. The van der Waals surface area contributed by atoms with Crippen LogP contribution in [0.2, 0.25) is 0 Å². The van der Waals surface area contributed by atoms with E-state index in [2.05, 4.69) is 26.5 Å². The number of azo groups is 2. The van der Waals surface area contributed by atoms with E-state index < -0.39 is 10.9 Å². The van der Waals surface area contributed by atoms with Gasteiger partial charge in [-0.3, -0.25) is 0 Å². The maximum atomic E-state index is 11.0. The number of aryl methyl sites for hydroxylation is 2. The molecule has 5 rings (SSSR count). The van der Waals surface area contributed by atoms with Crippen LogP contribution < -0.4 is 0 Å². The summed E-state index contributed by atoms with van der Waals surface area (Å²) in [5.41, 5.74) is 3.33. The Labute approximate surface area is 246 Å². The van der Waals surface area contributed by atoms with E-state index in [0.29, 0.717) is 27.8 Å². The normalized spacial score (nSPS) is 12.4. The van der Waals surface area contributed by atoms with Gasteiger partial charge in [0, 0.05) is 43.8 Å². The van der Waals surface area contributed by atoms with Crippen molar-refractivity contribution >= 4 is 55.2 Å². The number of phenolic OH excluding ortho intramolecular Hbond substituents is 1. The minimum atomic E-state index is -4.20.